The molecule has 0 N–H and O–H groups in total. The van der Waals surface area contributed by atoms with Gasteiger partial charge in [0.05, 0.1) is 0 Å². The zero-order valence-corrected chi connectivity index (χ0v) is 12.0. The molecule has 4 heteroatoms. The minimum absolute atomic E-state index is 0.488. The molecule has 3 nitrogen and oxygen atoms in total. The van der Waals surface area contributed by atoms with E-state index < -0.39 is 0 Å². The number of hydrogen-bond acceptors (Lipinski definition) is 2. The Morgan fingerprint density at radius 2 is 2.12 bits per heavy atom. The van der Waals surface area contributed by atoms with E-state index in [0.29, 0.717) is 11.8 Å². The molecule has 2 aromatic heterocycles. The van der Waals surface area contributed by atoms with Gasteiger partial charge in [0.15, 0.2) is 11.5 Å². The van der Waals surface area contributed by atoms with E-state index in [4.69, 9.17) is 0 Å². The third-order valence-electron chi connectivity index (χ3n) is 3.35. The molecule has 1 aliphatic carbocycles. The average Bonchev–Trinajstić information content (AvgIpc) is 2.99. The summed E-state index contributed by atoms with van der Waals surface area (Å²) in [5.74, 6) is 2.10. The van der Waals surface area contributed by atoms with Gasteiger partial charge in [-0.05, 0) is 58.8 Å². The summed E-state index contributed by atoms with van der Waals surface area (Å²) >= 11 is 3.68. The maximum absolute atomic E-state index is 4.62. The summed E-state index contributed by atoms with van der Waals surface area (Å²) in [7, 11) is 0. The monoisotopic (exact) mass is 293 g/mol. The molecule has 0 amide bonds. The molecule has 2 aromatic rings. The van der Waals surface area contributed by atoms with E-state index in [1.54, 1.807) is 0 Å². The Bertz CT molecular complexity index is 582. The van der Waals surface area contributed by atoms with Crippen molar-refractivity contribution >= 4 is 21.6 Å². The lowest BCUT2D eigenvalue weighted by molar-refractivity contribution is 0.798. The van der Waals surface area contributed by atoms with Crippen molar-refractivity contribution in [2.75, 3.05) is 0 Å². The fraction of sp³-hybridized carbons (Fsp3) is 0.538. The van der Waals surface area contributed by atoms with E-state index in [-0.39, 0.29) is 0 Å². The Balaban J connectivity index is 2.24. The fourth-order valence-corrected chi connectivity index (χ4v) is 3.37. The fourth-order valence-electron chi connectivity index (χ4n) is 2.33. The second kappa shape index (κ2) is 3.80. The van der Waals surface area contributed by atoms with Crippen LogP contribution in [-0.2, 0) is 0 Å². The summed E-state index contributed by atoms with van der Waals surface area (Å²) in [5.41, 5.74) is 3.57. The number of aromatic nitrogens is 3. The molecule has 0 atom stereocenters. The summed E-state index contributed by atoms with van der Waals surface area (Å²) < 4.78 is 3.00. The number of rotatable bonds is 2. The van der Waals surface area contributed by atoms with Gasteiger partial charge in [-0.3, -0.25) is 0 Å². The van der Waals surface area contributed by atoms with Gasteiger partial charge in [-0.1, -0.05) is 13.8 Å². The van der Waals surface area contributed by atoms with Crippen LogP contribution in [0.4, 0.5) is 0 Å². The maximum atomic E-state index is 4.62. The standard InChI is InChI=1S/C13H16BrN3/c1-7(2)11-8(3)6-10-15-13(9-4-5-9)16-17(10)12(11)14/h6-7,9H,4-5H2,1-3H3. The van der Waals surface area contributed by atoms with Gasteiger partial charge in [0, 0.05) is 5.92 Å². The largest absolute Gasteiger partial charge is 0.212 e. The van der Waals surface area contributed by atoms with Crippen LogP contribution < -0.4 is 0 Å². The van der Waals surface area contributed by atoms with Crippen molar-refractivity contribution < 1.29 is 0 Å². The van der Waals surface area contributed by atoms with Gasteiger partial charge in [0.1, 0.15) is 4.60 Å². The van der Waals surface area contributed by atoms with Crippen LogP contribution >= 0.6 is 15.9 Å². The van der Waals surface area contributed by atoms with Crippen LogP contribution in [0.25, 0.3) is 5.65 Å². The van der Waals surface area contributed by atoms with E-state index in [9.17, 15) is 0 Å². The van der Waals surface area contributed by atoms with Gasteiger partial charge >= 0.3 is 0 Å². The van der Waals surface area contributed by atoms with Gasteiger partial charge in [-0.25, -0.2) is 9.50 Å². The summed E-state index contributed by atoms with van der Waals surface area (Å²) in [4.78, 5) is 4.62. The molecule has 1 saturated carbocycles. The maximum Gasteiger partial charge on any atom is 0.157 e. The Morgan fingerprint density at radius 3 is 2.71 bits per heavy atom. The van der Waals surface area contributed by atoms with Crippen LogP contribution in [0.15, 0.2) is 10.7 Å². The number of fused-ring (bicyclic) bond motifs is 1. The van der Waals surface area contributed by atoms with Gasteiger partial charge < -0.3 is 0 Å². The van der Waals surface area contributed by atoms with Crippen molar-refractivity contribution in [1.82, 2.24) is 14.6 Å². The second-order valence-electron chi connectivity index (χ2n) is 5.20. The molecule has 1 fully saturated rings. The number of aryl methyl sites for hydroxylation is 1. The number of hydrogen-bond donors (Lipinski definition) is 0. The first-order valence-corrected chi connectivity index (χ1v) is 6.93. The summed E-state index contributed by atoms with van der Waals surface area (Å²) in [5, 5.41) is 4.62. The van der Waals surface area contributed by atoms with Crippen molar-refractivity contribution in [2.24, 2.45) is 0 Å². The lowest BCUT2D eigenvalue weighted by atomic mass is 10.0. The number of halogens is 1. The average molecular weight is 294 g/mol. The first-order chi connectivity index (χ1) is 8.08. The van der Waals surface area contributed by atoms with Crippen molar-refractivity contribution in [2.45, 2.75) is 45.4 Å². The van der Waals surface area contributed by atoms with E-state index in [1.807, 2.05) is 4.52 Å². The van der Waals surface area contributed by atoms with Crippen LogP contribution in [0, 0.1) is 6.92 Å². The topological polar surface area (TPSA) is 30.2 Å². The number of pyridine rings is 1. The van der Waals surface area contributed by atoms with Gasteiger partial charge in [0.25, 0.3) is 0 Å². The van der Waals surface area contributed by atoms with E-state index in [1.165, 1.54) is 24.0 Å². The van der Waals surface area contributed by atoms with Gasteiger partial charge in [0.2, 0.25) is 0 Å². The molecule has 2 heterocycles. The number of nitrogens with zero attached hydrogens (tertiary/aromatic N) is 3. The van der Waals surface area contributed by atoms with Crippen LogP contribution in [0.1, 0.15) is 55.5 Å². The summed E-state index contributed by atoms with van der Waals surface area (Å²) in [6.07, 6.45) is 2.48. The van der Waals surface area contributed by atoms with E-state index in [2.05, 4.69) is 52.9 Å². The lowest BCUT2D eigenvalue weighted by Crippen LogP contribution is -2.01. The minimum Gasteiger partial charge on any atom is -0.212 e. The molecular weight excluding hydrogens is 278 g/mol. The first-order valence-electron chi connectivity index (χ1n) is 6.13. The van der Waals surface area contributed by atoms with Crippen LogP contribution in [0.2, 0.25) is 0 Å². The highest BCUT2D eigenvalue weighted by Gasteiger charge is 2.28. The molecule has 0 unspecified atom stereocenters. The molecule has 0 bridgehead atoms. The second-order valence-corrected chi connectivity index (χ2v) is 5.95. The Kier molecular flexibility index (Phi) is 2.51. The highest BCUT2D eigenvalue weighted by atomic mass is 79.9. The zero-order chi connectivity index (χ0) is 12.2. The lowest BCUT2D eigenvalue weighted by Gasteiger charge is -2.12. The molecule has 3 rings (SSSR count). The Labute approximate surface area is 109 Å². The molecule has 17 heavy (non-hydrogen) atoms. The van der Waals surface area contributed by atoms with Gasteiger partial charge in [-0.15, -0.1) is 5.10 Å². The zero-order valence-electron chi connectivity index (χ0n) is 10.4. The molecule has 0 aromatic carbocycles. The van der Waals surface area contributed by atoms with Crippen LogP contribution in [0.5, 0.6) is 0 Å². The highest BCUT2D eigenvalue weighted by Crippen LogP contribution is 2.39. The highest BCUT2D eigenvalue weighted by molar-refractivity contribution is 9.10. The molecule has 0 radical (unpaired) electrons. The Morgan fingerprint density at radius 1 is 1.41 bits per heavy atom. The van der Waals surface area contributed by atoms with Crippen molar-refractivity contribution in [1.29, 1.82) is 0 Å². The predicted molar refractivity (Wildman–Crippen MR) is 71.5 cm³/mol. The summed E-state index contributed by atoms with van der Waals surface area (Å²) in [6.45, 7) is 6.56. The molecule has 90 valence electrons. The normalized spacial score (nSPS) is 16.1. The minimum atomic E-state index is 0.488. The van der Waals surface area contributed by atoms with Crippen molar-refractivity contribution in [3.8, 4) is 0 Å². The molecule has 0 spiro atoms. The SMILES string of the molecule is Cc1cc2nc(C3CC3)nn2c(Br)c1C(C)C. The van der Waals surface area contributed by atoms with Crippen LogP contribution in [-0.4, -0.2) is 14.6 Å². The van der Waals surface area contributed by atoms with E-state index in [0.717, 1.165) is 16.1 Å². The molecule has 0 saturated heterocycles. The predicted octanol–water partition coefficient (Wildman–Crippen LogP) is 3.80. The quantitative estimate of drug-likeness (QED) is 0.789. The molecule has 0 aliphatic heterocycles. The van der Waals surface area contributed by atoms with Crippen LogP contribution in [0.3, 0.4) is 0 Å². The first kappa shape index (κ1) is 11.2. The van der Waals surface area contributed by atoms with Gasteiger partial charge in [-0.2, -0.15) is 0 Å². The summed E-state index contributed by atoms with van der Waals surface area (Å²) in [6, 6.07) is 2.14. The Hall–Kier alpha value is -0.900. The van der Waals surface area contributed by atoms with Crippen molar-refractivity contribution in [3.05, 3.63) is 27.6 Å². The molecule has 1 aliphatic rings. The van der Waals surface area contributed by atoms with Crippen molar-refractivity contribution in [3.63, 3.8) is 0 Å². The molecular formula is C13H16BrN3. The van der Waals surface area contributed by atoms with E-state index >= 15 is 0 Å². The smallest absolute Gasteiger partial charge is 0.157 e. The third kappa shape index (κ3) is 1.79. The third-order valence-corrected chi connectivity index (χ3v) is 4.11.